The average molecular weight is 307 g/mol. The van der Waals surface area contributed by atoms with Crippen molar-refractivity contribution < 1.29 is 4.79 Å². The molecule has 0 unspecified atom stereocenters. The molecule has 0 aliphatic carbocycles. The van der Waals surface area contributed by atoms with Crippen LogP contribution >= 0.6 is 27.5 Å². The van der Waals surface area contributed by atoms with E-state index in [-0.39, 0.29) is 18.5 Å². The second-order valence-electron chi connectivity index (χ2n) is 3.56. The third-order valence-corrected chi connectivity index (χ3v) is 2.40. The Bertz CT molecular complexity index is 384. The molecule has 1 aromatic heterocycles. The van der Waals surface area contributed by atoms with Gasteiger partial charge in [-0.2, -0.15) is 0 Å². The van der Waals surface area contributed by atoms with Crippen LogP contribution in [0.3, 0.4) is 0 Å². The van der Waals surface area contributed by atoms with Crippen LogP contribution in [0.5, 0.6) is 0 Å². The van der Waals surface area contributed by atoms with Gasteiger partial charge in [0.05, 0.1) is 11.6 Å². The number of aromatic nitrogens is 1. The van der Waals surface area contributed by atoms with E-state index in [1.165, 1.54) is 0 Å². The largest absolute Gasteiger partial charge is 0.360 e. The lowest BCUT2D eigenvalue weighted by Gasteiger charge is -2.10. The molecule has 4 nitrogen and oxygen atoms in total. The van der Waals surface area contributed by atoms with Gasteiger partial charge in [-0.05, 0) is 35.8 Å². The van der Waals surface area contributed by atoms with Gasteiger partial charge in [0.1, 0.15) is 5.82 Å². The molecular weight excluding hydrogens is 293 g/mol. The number of hydrogen-bond donors (Lipinski definition) is 2. The molecule has 88 valence electrons. The lowest BCUT2D eigenvalue weighted by atomic mass is 10.4. The Morgan fingerprint density at radius 3 is 2.88 bits per heavy atom. The zero-order valence-corrected chi connectivity index (χ0v) is 11.4. The molecule has 0 aromatic carbocycles. The summed E-state index contributed by atoms with van der Waals surface area (Å²) in [6, 6.07) is 1.85. The first-order valence-corrected chi connectivity index (χ1v) is 6.00. The van der Waals surface area contributed by atoms with Crippen LogP contribution in [0.4, 0.5) is 5.82 Å². The van der Waals surface area contributed by atoms with Crippen molar-refractivity contribution in [3.8, 4) is 0 Å². The Morgan fingerprint density at radius 2 is 2.31 bits per heavy atom. The quantitative estimate of drug-likeness (QED) is 0.898. The number of rotatable bonds is 4. The summed E-state index contributed by atoms with van der Waals surface area (Å²) in [5.74, 6) is 0.416. The third kappa shape index (κ3) is 4.37. The first-order valence-electron chi connectivity index (χ1n) is 4.83. The van der Waals surface area contributed by atoms with Crippen LogP contribution in [0.25, 0.3) is 0 Å². The van der Waals surface area contributed by atoms with Crippen molar-refractivity contribution in [1.82, 2.24) is 10.3 Å². The smallest absolute Gasteiger partial charge is 0.239 e. The molecule has 0 saturated heterocycles. The number of carbonyl (C=O) groups excluding carboxylic acids is 1. The van der Waals surface area contributed by atoms with E-state index in [9.17, 15) is 4.79 Å². The number of amides is 1. The van der Waals surface area contributed by atoms with E-state index >= 15 is 0 Å². The number of halogens is 2. The van der Waals surface area contributed by atoms with Gasteiger partial charge in [-0.1, -0.05) is 11.6 Å². The van der Waals surface area contributed by atoms with E-state index in [0.717, 1.165) is 4.47 Å². The molecule has 2 N–H and O–H groups in total. The van der Waals surface area contributed by atoms with Gasteiger partial charge >= 0.3 is 0 Å². The lowest BCUT2D eigenvalue weighted by Crippen LogP contribution is -2.35. The highest BCUT2D eigenvalue weighted by molar-refractivity contribution is 9.10. The fourth-order valence-corrected chi connectivity index (χ4v) is 1.78. The van der Waals surface area contributed by atoms with E-state index < -0.39 is 0 Å². The minimum atomic E-state index is -0.0872. The van der Waals surface area contributed by atoms with E-state index in [1.54, 1.807) is 12.3 Å². The molecule has 0 aliphatic rings. The SMILES string of the molecule is CC(C)NC(=O)CNc1ncc(Br)cc1Cl. The highest BCUT2D eigenvalue weighted by Gasteiger charge is 2.06. The monoisotopic (exact) mass is 305 g/mol. The molecule has 6 heteroatoms. The molecule has 0 spiro atoms. The van der Waals surface area contributed by atoms with E-state index in [0.29, 0.717) is 10.8 Å². The Kier molecular flexibility index (Phi) is 5.02. The Labute approximate surface area is 108 Å². The number of anilines is 1. The van der Waals surface area contributed by atoms with Crippen molar-refractivity contribution in [3.63, 3.8) is 0 Å². The second-order valence-corrected chi connectivity index (χ2v) is 4.88. The Morgan fingerprint density at radius 1 is 1.62 bits per heavy atom. The van der Waals surface area contributed by atoms with Crippen molar-refractivity contribution in [2.75, 3.05) is 11.9 Å². The maximum atomic E-state index is 11.4. The topological polar surface area (TPSA) is 54.0 Å². The van der Waals surface area contributed by atoms with Crippen LogP contribution < -0.4 is 10.6 Å². The molecule has 0 radical (unpaired) electrons. The molecule has 0 atom stereocenters. The Hall–Kier alpha value is -0.810. The Balaban J connectivity index is 2.51. The van der Waals surface area contributed by atoms with Crippen LogP contribution in [-0.4, -0.2) is 23.5 Å². The fourth-order valence-electron chi connectivity index (χ4n) is 1.08. The summed E-state index contributed by atoms with van der Waals surface area (Å²) < 4.78 is 0.801. The van der Waals surface area contributed by atoms with Crippen molar-refractivity contribution in [3.05, 3.63) is 21.8 Å². The maximum absolute atomic E-state index is 11.4. The van der Waals surface area contributed by atoms with Gasteiger partial charge in [-0.25, -0.2) is 4.98 Å². The molecule has 0 bridgehead atoms. The van der Waals surface area contributed by atoms with Gasteiger partial charge in [-0.15, -0.1) is 0 Å². The lowest BCUT2D eigenvalue weighted by molar-refractivity contribution is -0.119. The van der Waals surface area contributed by atoms with Crippen LogP contribution in [0.1, 0.15) is 13.8 Å². The standard InChI is InChI=1S/C10H13BrClN3O/c1-6(2)15-9(16)5-14-10-8(12)3-7(11)4-13-10/h3-4,6H,5H2,1-2H3,(H,13,14)(H,15,16). The number of nitrogens with one attached hydrogen (secondary N) is 2. The highest BCUT2D eigenvalue weighted by Crippen LogP contribution is 2.22. The zero-order chi connectivity index (χ0) is 12.1. The third-order valence-electron chi connectivity index (χ3n) is 1.67. The molecule has 0 aliphatic heterocycles. The summed E-state index contributed by atoms with van der Waals surface area (Å²) >= 11 is 9.19. The zero-order valence-electron chi connectivity index (χ0n) is 9.05. The van der Waals surface area contributed by atoms with Gasteiger partial charge in [0.25, 0.3) is 0 Å². The molecule has 1 amide bonds. The molecule has 0 saturated carbocycles. The van der Waals surface area contributed by atoms with Gasteiger partial charge in [-0.3, -0.25) is 4.79 Å². The van der Waals surface area contributed by atoms with Crippen LogP contribution in [-0.2, 0) is 4.79 Å². The number of carbonyl (C=O) groups is 1. The molecule has 1 rings (SSSR count). The van der Waals surface area contributed by atoms with Crippen LogP contribution in [0, 0.1) is 0 Å². The summed E-state index contributed by atoms with van der Waals surface area (Å²) in [4.78, 5) is 15.4. The molecular formula is C10H13BrClN3O. The van der Waals surface area contributed by atoms with Crippen LogP contribution in [0.15, 0.2) is 16.7 Å². The maximum Gasteiger partial charge on any atom is 0.239 e. The summed E-state index contributed by atoms with van der Waals surface area (Å²) in [7, 11) is 0. The minimum Gasteiger partial charge on any atom is -0.360 e. The fraction of sp³-hybridized carbons (Fsp3) is 0.400. The van der Waals surface area contributed by atoms with Crippen LogP contribution in [0.2, 0.25) is 5.02 Å². The summed E-state index contributed by atoms with van der Waals surface area (Å²) in [5, 5.41) is 6.11. The van der Waals surface area contributed by atoms with Gasteiger partial charge in [0, 0.05) is 16.7 Å². The van der Waals surface area contributed by atoms with Crippen molar-refractivity contribution in [2.45, 2.75) is 19.9 Å². The summed E-state index contributed by atoms with van der Waals surface area (Å²) in [6.45, 7) is 3.97. The van der Waals surface area contributed by atoms with Gasteiger partial charge in [0.15, 0.2) is 0 Å². The van der Waals surface area contributed by atoms with E-state index in [1.807, 2.05) is 13.8 Å². The molecule has 1 aromatic rings. The summed E-state index contributed by atoms with van der Waals surface area (Å²) in [5.41, 5.74) is 0. The average Bonchev–Trinajstić information content (AvgIpc) is 2.15. The summed E-state index contributed by atoms with van der Waals surface area (Å²) in [6.07, 6.45) is 1.62. The predicted molar refractivity (Wildman–Crippen MR) is 68.7 cm³/mol. The van der Waals surface area contributed by atoms with Crippen molar-refractivity contribution in [2.24, 2.45) is 0 Å². The normalized spacial score (nSPS) is 10.3. The number of hydrogen-bond acceptors (Lipinski definition) is 3. The van der Waals surface area contributed by atoms with E-state index in [4.69, 9.17) is 11.6 Å². The van der Waals surface area contributed by atoms with Crippen molar-refractivity contribution >= 4 is 39.3 Å². The first kappa shape index (κ1) is 13.3. The highest BCUT2D eigenvalue weighted by atomic mass is 79.9. The van der Waals surface area contributed by atoms with E-state index in [2.05, 4.69) is 31.5 Å². The number of pyridine rings is 1. The molecule has 16 heavy (non-hydrogen) atoms. The predicted octanol–water partition coefficient (Wildman–Crippen LogP) is 2.43. The molecule has 1 heterocycles. The van der Waals surface area contributed by atoms with Crippen molar-refractivity contribution in [1.29, 1.82) is 0 Å². The first-order chi connectivity index (χ1) is 7.49. The molecule has 0 fully saturated rings. The number of nitrogens with zero attached hydrogens (tertiary/aromatic N) is 1. The second kappa shape index (κ2) is 6.06. The van der Waals surface area contributed by atoms with Gasteiger partial charge < -0.3 is 10.6 Å². The minimum absolute atomic E-state index is 0.0872. The van der Waals surface area contributed by atoms with Gasteiger partial charge in [0.2, 0.25) is 5.91 Å².